The van der Waals surface area contributed by atoms with Crippen LogP contribution in [0.1, 0.15) is 17.5 Å². The zero-order chi connectivity index (χ0) is 11.5. The molecule has 1 aromatic rings. The van der Waals surface area contributed by atoms with Crippen molar-refractivity contribution in [2.24, 2.45) is 5.73 Å². The van der Waals surface area contributed by atoms with E-state index in [9.17, 15) is 4.79 Å². The Morgan fingerprint density at radius 3 is 3.19 bits per heavy atom. The molecule has 3 N–H and O–H groups in total. The van der Waals surface area contributed by atoms with Crippen molar-refractivity contribution in [1.29, 1.82) is 0 Å². The van der Waals surface area contributed by atoms with Gasteiger partial charge in [0, 0.05) is 0 Å². The van der Waals surface area contributed by atoms with Crippen LogP contribution in [0.5, 0.6) is 5.75 Å². The molecular weight excluding hydrogens is 204 g/mol. The molecule has 1 unspecified atom stereocenters. The van der Waals surface area contributed by atoms with Gasteiger partial charge in [-0.2, -0.15) is 0 Å². The summed E-state index contributed by atoms with van der Waals surface area (Å²) in [7, 11) is 0. The van der Waals surface area contributed by atoms with Crippen molar-refractivity contribution >= 4 is 6.03 Å². The minimum absolute atomic E-state index is 0.0303. The van der Waals surface area contributed by atoms with Crippen LogP contribution in [-0.2, 0) is 6.42 Å². The monoisotopic (exact) mass is 220 g/mol. The lowest BCUT2D eigenvalue weighted by molar-refractivity contribution is 0.170. The van der Waals surface area contributed by atoms with E-state index in [1.807, 2.05) is 12.1 Å². The second kappa shape index (κ2) is 4.43. The SMILES string of the molecule is Cc1ccc2c(c1)CCC(CNC(N)=O)O2. The Morgan fingerprint density at radius 2 is 2.44 bits per heavy atom. The highest BCUT2D eigenvalue weighted by Crippen LogP contribution is 2.27. The van der Waals surface area contributed by atoms with Crippen LogP contribution < -0.4 is 15.8 Å². The molecule has 4 nitrogen and oxygen atoms in total. The number of nitrogens with one attached hydrogen (secondary N) is 1. The molecule has 16 heavy (non-hydrogen) atoms. The molecule has 0 saturated carbocycles. The number of carbonyl (C=O) groups is 1. The summed E-state index contributed by atoms with van der Waals surface area (Å²) in [6.07, 6.45) is 1.93. The van der Waals surface area contributed by atoms with E-state index >= 15 is 0 Å². The van der Waals surface area contributed by atoms with Crippen LogP contribution in [0.4, 0.5) is 4.79 Å². The Bertz CT molecular complexity index is 404. The van der Waals surface area contributed by atoms with Crippen molar-refractivity contribution in [2.75, 3.05) is 6.54 Å². The van der Waals surface area contributed by atoms with Crippen LogP contribution in [0.2, 0.25) is 0 Å². The normalized spacial score (nSPS) is 18.4. The van der Waals surface area contributed by atoms with Crippen LogP contribution >= 0.6 is 0 Å². The van der Waals surface area contributed by atoms with Gasteiger partial charge < -0.3 is 15.8 Å². The first-order valence-electron chi connectivity index (χ1n) is 5.44. The number of ether oxygens (including phenoxy) is 1. The lowest BCUT2D eigenvalue weighted by atomic mass is 10.0. The van der Waals surface area contributed by atoms with Crippen molar-refractivity contribution in [1.82, 2.24) is 5.32 Å². The first-order valence-corrected chi connectivity index (χ1v) is 5.44. The predicted molar refractivity (Wildman–Crippen MR) is 61.5 cm³/mol. The average Bonchev–Trinajstić information content (AvgIpc) is 2.26. The lowest BCUT2D eigenvalue weighted by Crippen LogP contribution is -2.39. The number of hydrogen-bond acceptors (Lipinski definition) is 2. The smallest absolute Gasteiger partial charge is 0.312 e. The molecule has 1 atom stereocenters. The predicted octanol–water partition coefficient (Wildman–Crippen LogP) is 1.36. The second-order valence-electron chi connectivity index (χ2n) is 4.13. The quantitative estimate of drug-likeness (QED) is 0.790. The lowest BCUT2D eigenvalue weighted by Gasteiger charge is -2.26. The van der Waals surface area contributed by atoms with Gasteiger partial charge in [0.15, 0.2) is 0 Å². The maximum absolute atomic E-state index is 10.6. The molecule has 0 saturated heterocycles. The van der Waals surface area contributed by atoms with E-state index in [0.29, 0.717) is 6.54 Å². The minimum atomic E-state index is -0.502. The summed E-state index contributed by atoms with van der Waals surface area (Å²) in [5.41, 5.74) is 7.51. The van der Waals surface area contributed by atoms with Crippen molar-refractivity contribution in [3.8, 4) is 5.75 Å². The summed E-state index contributed by atoms with van der Waals surface area (Å²) in [6, 6.07) is 5.66. The molecule has 0 bridgehead atoms. The highest BCUT2D eigenvalue weighted by molar-refractivity contribution is 5.71. The molecule has 2 amide bonds. The summed E-state index contributed by atoms with van der Waals surface area (Å²) in [4.78, 5) is 10.6. The third-order valence-corrected chi connectivity index (χ3v) is 2.75. The van der Waals surface area contributed by atoms with E-state index in [1.165, 1.54) is 11.1 Å². The molecule has 4 heteroatoms. The van der Waals surface area contributed by atoms with E-state index in [4.69, 9.17) is 10.5 Å². The second-order valence-corrected chi connectivity index (χ2v) is 4.13. The molecule has 1 aromatic carbocycles. The third kappa shape index (κ3) is 2.45. The number of aryl methyl sites for hydroxylation is 2. The van der Waals surface area contributed by atoms with Gasteiger partial charge in [0.05, 0.1) is 6.54 Å². The number of rotatable bonds is 2. The Hall–Kier alpha value is -1.71. The zero-order valence-electron chi connectivity index (χ0n) is 9.32. The van der Waals surface area contributed by atoms with Gasteiger partial charge in [-0.3, -0.25) is 0 Å². The third-order valence-electron chi connectivity index (χ3n) is 2.75. The number of hydrogen-bond donors (Lipinski definition) is 2. The molecule has 0 fully saturated rings. The molecule has 0 aliphatic carbocycles. The van der Waals surface area contributed by atoms with Gasteiger partial charge in [-0.25, -0.2) is 4.79 Å². The van der Waals surface area contributed by atoms with Crippen LogP contribution in [-0.4, -0.2) is 18.7 Å². The van der Waals surface area contributed by atoms with Crippen LogP contribution in [0.25, 0.3) is 0 Å². The fraction of sp³-hybridized carbons (Fsp3) is 0.417. The standard InChI is InChI=1S/C12H16N2O2/c1-8-2-5-11-9(6-8)3-4-10(16-11)7-14-12(13)15/h2,5-6,10H,3-4,7H2,1H3,(H3,13,14,15). The fourth-order valence-corrected chi connectivity index (χ4v) is 1.93. The van der Waals surface area contributed by atoms with Crippen LogP contribution in [0.15, 0.2) is 18.2 Å². The maximum atomic E-state index is 10.6. The number of primary amides is 1. The molecule has 1 aliphatic rings. The zero-order valence-corrected chi connectivity index (χ0v) is 9.32. The number of carbonyl (C=O) groups excluding carboxylic acids is 1. The van der Waals surface area contributed by atoms with E-state index in [0.717, 1.165) is 18.6 Å². The van der Waals surface area contributed by atoms with E-state index in [2.05, 4.69) is 18.3 Å². The Morgan fingerprint density at radius 1 is 1.62 bits per heavy atom. The highest BCUT2D eigenvalue weighted by atomic mass is 16.5. The fourth-order valence-electron chi connectivity index (χ4n) is 1.93. The molecular formula is C12H16N2O2. The van der Waals surface area contributed by atoms with E-state index in [-0.39, 0.29) is 6.10 Å². The average molecular weight is 220 g/mol. The summed E-state index contributed by atoms with van der Waals surface area (Å²) in [5.74, 6) is 0.924. The van der Waals surface area contributed by atoms with Crippen molar-refractivity contribution < 1.29 is 9.53 Å². The maximum Gasteiger partial charge on any atom is 0.312 e. The molecule has 1 aliphatic heterocycles. The van der Waals surface area contributed by atoms with Crippen LogP contribution in [0, 0.1) is 6.92 Å². The Balaban J connectivity index is 2.01. The van der Waals surface area contributed by atoms with E-state index < -0.39 is 6.03 Å². The van der Waals surface area contributed by atoms with Gasteiger partial charge in [-0.05, 0) is 31.4 Å². The summed E-state index contributed by atoms with van der Waals surface area (Å²) in [6.45, 7) is 2.55. The molecule has 1 heterocycles. The van der Waals surface area contributed by atoms with Crippen LogP contribution in [0.3, 0.4) is 0 Å². The molecule has 0 aromatic heterocycles. The van der Waals surface area contributed by atoms with Gasteiger partial charge in [0.25, 0.3) is 0 Å². The first-order chi connectivity index (χ1) is 7.65. The summed E-state index contributed by atoms with van der Waals surface area (Å²) >= 11 is 0. The number of nitrogens with two attached hydrogens (primary N) is 1. The van der Waals surface area contributed by atoms with E-state index in [1.54, 1.807) is 0 Å². The topological polar surface area (TPSA) is 64.3 Å². The highest BCUT2D eigenvalue weighted by Gasteiger charge is 2.19. The molecule has 86 valence electrons. The number of urea groups is 1. The Kier molecular flexibility index (Phi) is 2.99. The van der Waals surface area contributed by atoms with Crippen molar-refractivity contribution in [3.05, 3.63) is 29.3 Å². The number of fused-ring (bicyclic) bond motifs is 1. The van der Waals surface area contributed by atoms with Gasteiger partial charge >= 0.3 is 6.03 Å². The first kappa shape index (κ1) is 10.8. The number of benzene rings is 1. The van der Waals surface area contributed by atoms with Gasteiger partial charge in [-0.15, -0.1) is 0 Å². The summed E-state index contributed by atoms with van der Waals surface area (Å²) in [5, 5.41) is 2.57. The summed E-state index contributed by atoms with van der Waals surface area (Å²) < 4.78 is 5.77. The minimum Gasteiger partial charge on any atom is -0.488 e. The number of amides is 2. The molecule has 2 rings (SSSR count). The Labute approximate surface area is 94.8 Å². The molecule has 0 spiro atoms. The van der Waals surface area contributed by atoms with Gasteiger partial charge in [0.1, 0.15) is 11.9 Å². The van der Waals surface area contributed by atoms with Crippen molar-refractivity contribution in [2.45, 2.75) is 25.9 Å². The largest absolute Gasteiger partial charge is 0.488 e. The molecule has 0 radical (unpaired) electrons. The van der Waals surface area contributed by atoms with Crippen molar-refractivity contribution in [3.63, 3.8) is 0 Å². The van der Waals surface area contributed by atoms with Gasteiger partial charge in [0.2, 0.25) is 0 Å². The van der Waals surface area contributed by atoms with Gasteiger partial charge in [-0.1, -0.05) is 17.7 Å².